The van der Waals surface area contributed by atoms with Gasteiger partial charge in [0.15, 0.2) is 0 Å². The molecule has 0 saturated carbocycles. The van der Waals surface area contributed by atoms with Crippen molar-refractivity contribution in [3.63, 3.8) is 0 Å². The highest BCUT2D eigenvalue weighted by Gasteiger charge is 2.35. The molecule has 1 N–H and O–H groups in total. The summed E-state index contributed by atoms with van der Waals surface area (Å²) in [5.74, 6) is 0.629. The van der Waals surface area contributed by atoms with Crippen LogP contribution < -0.4 is 15.7 Å². The van der Waals surface area contributed by atoms with E-state index in [2.05, 4.69) is 0 Å². The van der Waals surface area contributed by atoms with Crippen molar-refractivity contribution < 1.29 is 10.0 Å². The Morgan fingerprint density at radius 2 is 1.50 bits per heavy atom. The van der Waals surface area contributed by atoms with Crippen LogP contribution in [-0.4, -0.2) is 26.4 Å². The minimum absolute atomic E-state index is 0.0858. The summed E-state index contributed by atoms with van der Waals surface area (Å²) in [7, 11) is 0. The first-order valence-corrected chi connectivity index (χ1v) is 12.9. The summed E-state index contributed by atoms with van der Waals surface area (Å²) < 4.78 is 1.58. The van der Waals surface area contributed by atoms with Crippen LogP contribution in [0.15, 0.2) is 108 Å². The van der Waals surface area contributed by atoms with Crippen LogP contribution >= 0.6 is 11.8 Å². The molecule has 1 amide bonds. The molecule has 8 nitrogen and oxygen atoms in total. The Morgan fingerprint density at radius 1 is 0.842 bits per heavy atom. The summed E-state index contributed by atoms with van der Waals surface area (Å²) in [5, 5.41) is 21.2. The normalized spacial score (nSPS) is 15.3. The van der Waals surface area contributed by atoms with Gasteiger partial charge in [-0.3, -0.25) is 24.3 Å². The van der Waals surface area contributed by atoms with Crippen molar-refractivity contribution in [2.45, 2.75) is 5.37 Å². The zero-order valence-electron chi connectivity index (χ0n) is 20.0. The number of aromatic nitrogens is 2. The van der Waals surface area contributed by atoms with Crippen molar-refractivity contribution in [3.8, 4) is 17.1 Å². The van der Waals surface area contributed by atoms with Gasteiger partial charge < -0.3 is 10.4 Å². The van der Waals surface area contributed by atoms with E-state index in [0.717, 1.165) is 5.56 Å². The average Bonchev–Trinajstić information content (AvgIpc) is 3.34. The van der Waals surface area contributed by atoms with Crippen LogP contribution in [-0.2, 0) is 4.79 Å². The topological polar surface area (TPSA) is 102 Å². The van der Waals surface area contributed by atoms with E-state index in [0.29, 0.717) is 33.7 Å². The van der Waals surface area contributed by atoms with Crippen LogP contribution in [0.4, 0.5) is 11.4 Å². The maximum atomic E-state index is 13.7. The first-order chi connectivity index (χ1) is 18.5. The quantitative estimate of drug-likeness (QED) is 0.304. The summed E-state index contributed by atoms with van der Waals surface area (Å²) in [6.45, 7) is 0. The molecule has 2 heterocycles. The summed E-state index contributed by atoms with van der Waals surface area (Å²) >= 11 is 1.38. The molecule has 188 valence electrons. The number of fused-ring (bicyclic) bond motifs is 1. The van der Waals surface area contributed by atoms with E-state index >= 15 is 0 Å². The summed E-state index contributed by atoms with van der Waals surface area (Å²) in [4.78, 5) is 33.0. The number of carbonyl (C=O) groups is 1. The van der Waals surface area contributed by atoms with Gasteiger partial charge in [-0.2, -0.15) is 0 Å². The Morgan fingerprint density at radius 3 is 2.26 bits per heavy atom. The van der Waals surface area contributed by atoms with E-state index in [-0.39, 0.29) is 28.1 Å². The molecule has 9 heteroatoms. The number of carbonyl (C=O) groups excluding carboxylic acids is 1. The second-order valence-electron chi connectivity index (χ2n) is 8.73. The van der Waals surface area contributed by atoms with Crippen molar-refractivity contribution in [2.75, 3.05) is 15.9 Å². The maximum Gasteiger partial charge on any atom is 0.266 e. The zero-order valence-corrected chi connectivity index (χ0v) is 20.8. The third kappa shape index (κ3) is 4.12. The fourth-order valence-electron chi connectivity index (χ4n) is 4.72. The Balaban J connectivity index is 1.45. The molecule has 1 unspecified atom stereocenters. The molecule has 1 aromatic heterocycles. The minimum atomic E-state index is -0.488. The van der Waals surface area contributed by atoms with Gasteiger partial charge in [-0.15, -0.1) is 11.8 Å². The van der Waals surface area contributed by atoms with Crippen LogP contribution in [0.2, 0.25) is 0 Å². The summed E-state index contributed by atoms with van der Waals surface area (Å²) in [6, 6.07) is 30.5. The van der Waals surface area contributed by atoms with Crippen LogP contribution in [0.25, 0.3) is 28.0 Å². The number of nitrogens with zero attached hydrogens (tertiary/aromatic N) is 4. The van der Waals surface area contributed by atoms with E-state index in [4.69, 9.17) is 4.98 Å². The number of hydrogen-bond acceptors (Lipinski definition) is 7. The standard InChI is InChI=1S/C29H21N4O4S/c34-26-18-38-29(23-11-5-7-13-25(23)33(36)37)31(26)20-14-16-21(17-15-20)32-27(19-8-2-1-3-9-19)30-24-12-6-4-10-22(24)28(32)35/h1-17,29,36H,18H2/q-1. The lowest BCUT2D eigenvalue weighted by molar-refractivity contribution is -0.115. The highest BCUT2D eigenvalue weighted by Crippen LogP contribution is 2.44. The molecule has 5 aromatic rings. The first-order valence-electron chi connectivity index (χ1n) is 11.9. The lowest BCUT2D eigenvalue weighted by Crippen LogP contribution is -2.29. The number of thioether (sulfide) groups is 1. The fraction of sp³-hybridized carbons (Fsp3) is 0.0690. The number of rotatable bonds is 5. The van der Waals surface area contributed by atoms with E-state index in [1.807, 2.05) is 48.5 Å². The van der Waals surface area contributed by atoms with Crippen molar-refractivity contribution in [1.82, 2.24) is 9.55 Å². The van der Waals surface area contributed by atoms with Crippen molar-refractivity contribution in [3.05, 3.63) is 124 Å². The second-order valence-corrected chi connectivity index (χ2v) is 9.80. The van der Waals surface area contributed by atoms with E-state index < -0.39 is 5.37 Å². The van der Waals surface area contributed by atoms with Crippen LogP contribution in [0.1, 0.15) is 10.9 Å². The summed E-state index contributed by atoms with van der Waals surface area (Å²) in [6.07, 6.45) is 0. The molecular formula is C29H21N4O4S-. The van der Waals surface area contributed by atoms with Crippen molar-refractivity contribution in [1.29, 1.82) is 0 Å². The highest BCUT2D eigenvalue weighted by atomic mass is 32.2. The van der Waals surface area contributed by atoms with Crippen LogP contribution in [0.3, 0.4) is 0 Å². The van der Waals surface area contributed by atoms with Gasteiger partial charge in [0.25, 0.3) is 5.56 Å². The highest BCUT2D eigenvalue weighted by molar-refractivity contribution is 8.00. The number of hydrogen-bond donors (Lipinski definition) is 1. The largest absolute Gasteiger partial charge is 0.733 e. The molecule has 1 atom stereocenters. The zero-order chi connectivity index (χ0) is 26.2. The first kappa shape index (κ1) is 23.9. The molecule has 4 aromatic carbocycles. The van der Waals surface area contributed by atoms with Gasteiger partial charge in [-0.05, 0) is 42.5 Å². The molecule has 6 rings (SSSR count). The third-order valence-electron chi connectivity index (χ3n) is 6.47. The molecule has 0 bridgehead atoms. The van der Waals surface area contributed by atoms with Gasteiger partial charge >= 0.3 is 0 Å². The van der Waals surface area contributed by atoms with E-state index in [1.54, 1.807) is 58.0 Å². The second kappa shape index (κ2) is 9.79. The smallest absolute Gasteiger partial charge is 0.266 e. The molecule has 0 aliphatic carbocycles. The molecule has 0 radical (unpaired) electrons. The lowest BCUT2D eigenvalue weighted by atomic mass is 10.1. The molecule has 1 saturated heterocycles. The summed E-state index contributed by atoms with van der Waals surface area (Å²) in [5.41, 5.74) is 3.06. The van der Waals surface area contributed by atoms with E-state index in [1.165, 1.54) is 17.8 Å². The maximum absolute atomic E-state index is 13.7. The van der Waals surface area contributed by atoms with Crippen molar-refractivity contribution in [2.24, 2.45) is 0 Å². The van der Waals surface area contributed by atoms with Gasteiger partial charge in [0.05, 0.1) is 28.0 Å². The molecule has 1 aliphatic heterocycles. The Labute approximate surface area is 221 Å². The van der Waals surface area contributed by atoms with Gasteiger partial charge in [-0.1, -0.05) is 60.7 Å². The fourth-order valence-corrected chi connectivity index (χ4v) is 5.93. The predicted octanol–water partition coefficient (Wildman–Crippen LogP) is 5.52. The minimum Gasteiger partial charge on any atom is -0.733 e. The molecule has 1 aliphatic rings. The van der Waals surface area contributed by atoms with E-state index in [9.17, 15) is 20.0 Å². The predicted molar refractivity (Wildman–Crippen MR) is 150 cm³/mol. The molecule has 0 spiro atoms. The number of benzene rings is 4. The molecule has 1 fully saturated rings. The number of para-hydroxylation sites is 2. The van der Waals surface area contributed by atoms with Gasteiger partial charge in [0, 0.05) is 16.8 Å². The lowest BCUT2D eigenvalue weighted by Gasteiger charge is -2.30. The number of anilines is 2. The van der Waals surface area contributed by atoms with Gasteiger partial charge in [-0.25, -0.2) is 4.98 Å². The Hall–Kier alpha value is -4.44. The average molecular weight is 522 g/mol. The molecule has 38 heavy (non-hydrogen) atoms. The van der Waals surface area contributed by atoms with Crippen LogP contribution in [0, 0.1) is 5.21 Å². The van der Waals surface area contributed by atoms with Gasteiger partial charge in [0.2, 0.25) is 5.91 Å². The van der Waals surface area contributed by atoms with Crippen LogP contribution in [0.5, 0.6) is 0 Å². The number of amides is 1. The van der Waals surface area contributed by atoms with Gasteiger partial charge in [0.1, 0.15) is 11.2 Å². The monoisotopic (exact) mass is 521 g/mol. The Kier molecular flexibility index (Phi) is 6.16. The third-order valence-corrected chi connectivity index (χ3v) is 7.66. The Bertz CT molecular complexity index is 1700. The van der Waals surface area contributed by atoms with Crippen molar-refractivity contribution >= 4 is 39.9 Å². The molecular weight excluding hydrogens is 500 g/mol. The SMILES string of the molecule is O=C1CSC(c2ccccc2N([O-])O)N1c1ccc(-n2c(-c3ccccc3)nc3ccccc3c2=O)cc1.